The van der Waals surface area contributed by atoms with Crippen LogP contribution in [0.2, 0.25) is 0 Å². The fourth-order valence-corrected chi connectivity index (χ4v) is 7.73. The number of nitrogens with zero attached hydrogens (tertiary/aromatic N) is 1. The number of methoxy groups -OCH3 is 1. The number of aliphatic hydroxyl groups is 1. The van der Waals surface area contributed by atoms with Crippen molar-refractivity contribution in [3.63, 3.8) is 0 Å². The minimum atomic E-state index is -0.979. The van der Waals surface area contributed by atoms with E-state index in [9.17, 15) is 24.3 Å². The van der Waals surface area contributed by atoms with E-state index in [4.69, 9.17) is 4.74 Å². The highest BCUT2D eigenvalue weighted by atomic mass is 16.5. The van der Waals surface area contributed by atoms with Crippen molar-refractivity contribution in [3.05, 3.63) is 30.0 Å². The van der Waals surface area contributed by atoms with Crippen LogP contribution in [-0.4, -0.2) is 76.9 Å². The molecule has 0 bridgehead atoms. The van der Waals surface area contributed by atoms with Gasteiger partial charge in [0.15, 0.2) is 5.78 Å². The van der Waals surface area contributed by atoms with E-state index in [0.717, 1.165) is 49.4 Å². The first kappa shape index (κ1) is 25.9. The van der Waals surface area contributed by atoms with Gasteiger partial charge in [-0.05, 0) is 68.1 Å². The van der Waals surface area contributed by atoms with Crippen LogP contribution in [0.3, 0.4) is 0 Å². The van der Waals surface area contributed by atoms with E-state index in [1.807, 2.05) is 18.2 Å². The smallest absolute Gasteiger partial charge is 0.271 e. The molecule has 4 aliphatic rings. The number of aliphatic hydroxyl groups excluding tert-OH is 1. The number of H-pyrrole nitrogens is 1. The third kappa shape index (κ3) is 4.48. The number of hydrogen-bond acceptors (Lipinski definition) is 6. The van der Waals surface area contributed by atoms with Crippen molar-refractivity contribution < 1.29 is 29.0 Å². The summed E-state index contributed by atoms with van der Waals surface area (Å²) in [6.07, 6.45) is 5.80. The zero-order valence-electron chi connectivity index (χ0n) is 22.2. The standard InChI is InChI=1S/C29H36N4O6/c1-39-25-10-4-9-21-19(25)12-23(30-21)29(38)33-13-15-5-2-6-16(15)26(33)28(37)32-22(24(35)14-34)11-18-17-7-3-8-20(17)31-27(18)36/h4,9-10,12,15-18,20,22,26,30,34H,2-3,5-8,11,13-14H2,1H3,(H,31,36)(H,32,37). The molecule has 3 heterocycles. The van der Waals surface area contributed by atoms with Crippen molar-refractivity contribution in [2.24, 2.45) is 23.7 Å². The normalized spacial score (nSPS) is 30.2. The molecule has 3 amide bonds. The van der Waals surface area contributed by atoms with Crippen LogP contribution < -0.4 is 15.4 Å². The van der Waals surface area contributed by atoms with Crippen molar-refractivity contribution in [2.45, 2.75) is 63.1 Å². The summed E-state index contributed by atoms with van der Waals surface area (Å²) < 4.78 is 5.44. The summed E-state index contributed by atoms with van der Waals surface area (Å²) >= 11 is 0. The van der Waals surface area contributed by atoms with Crippen LogP contribution >= 0.6 is 0 Å². The molecule has 0 spiro atoms. The topological polar surface area (TPSA) is 141 Å². The number of aromatic amines is 1. The Hall–Kier alpha value is -3.40. The van der Waals surface area contributed by atoms with Crippen LogP contribution in [0.4, 0.5) is 0 Å². The van der Waals surface area contributed by atoms with Gasteiger partial charge in [-0.3, -0.25) is 19.2 Å². The van der Waals surface area contributed by atoms with E-state index in [-0.39, 0.29) is 53.9 Å². The van der Waals surface area contributed by atoms with Crippen LogP contribution in [0.5, 0.6) is 5.75 Å². The number of nitrogens with one attached hydrogen (secondary N) is 3. The number of likely N-dealkylation sites (tertiary alicyclic amines) is 1. The maximum Gasteiger partial charge on any atom is 0.271 e. The lowest BCUT2D eigenvalue weighted by Crippen LogP contribution is -2.54. The van der Waals surface area contributed by atoms with Gasteiger partial charge in [0.1, 0.15) is 24.1 Å². The van der Waals surface area contributed by atoms with E-state index in [1.165, 1.54) is 0 Å². The van der Waals surface area contributed by atoms with Gasteiger partial charge < -0.3 is 30.4 Å². The Morgan fingerprint density at radius 1 is 1.15 bits per heavy atom. The number of rotatable bonds is 8. The lowest BCUT2D eigenvalue weighted by Gasteiger charge is -2.29. The zero-order chi connectivity index (χ0) is 27.3. The van der Waals surface area contributed by atoms with Crippen LogP contribution in [0.1, 0.15) is 55.4 Å². The van der Waals surface area contributed by atoms with Crippen LogP contribution in [-0.2, 0) is 14.4 Å². The van der Waals surface area contributed by atoms with Crippen molar-refractivity contribution >= 4 is 34.4 Å². The number of ether oxygens (including phenoxy) is 1. The molecule has 7 unspecified atom stereocenters. The quantitative estimate of drug-likeness (QED) is 0.405. The molecule has 10 heteroatoms. The monoisotopic (exact) mass is 536 g/mol. The summed E-state index contributed by atoms with van der Waals surface area (Å²) in [5.74, 6) is -0.609. The van der Waals surface area contributed by atoms with Gasteiger partial charge in [0, 0.05) is 29.4 Å². The van der Waals surface area contributed by atoms with Crippen molar-refractivity contribution in [1.29, 1.82) is 0 Å². The average molecular weight is 537 g/mol. The van der Waals surface area contributed by atoms with Gasteiger partial charge in [-0.25, -0.2) is 0 Å². The fourth-order valence-electron chi connectivity index (χ4n) is 7.73. The van der Waals surface area contributed by atoms with E-state index in [1.54, 1.807) is 18.1 Å². The number of fused-ring (bicyclic) bond motifs is 3. The van der Waals surface area contributed by atoms with E-state index in [0.29, 0.717) is 18.0 Å². The maximum absolute atomic E-state index is 13.9. The molecular formula is C29H36N4O6. The largest absolute Gasteiger partial charge is 0.496 e. The zero-order valence-corrected chi connectivity index (χ0v) is 22.2. The van der Waals surface area contributed by atoms with Crippen LogP contribution in [0, 0.1) is 23.7 Å². The summed E-state index contributed by atoms with van der Waals surface area (Å²) in [5, 5.41) is 16.4. The minimum Gasteiger partial charge on any atom is -0.496 e. The highest BCUT2D eigenvalue weighted by molar-refractivity contribution is 6.02. The number of aromatic nitrogens is 1. The minimum absolute atomic E-state index is 0.00624. The summed E-state index contributed by atoms with van der Waals surface area (Å²) in [5.41, 5.74) is 1.15. The molecule has 4 fully saturated rings. The van der Waals surface area contributed by atoms with Gasteiger partial charge in [-0.1, -0.05) is 18.9 Å². The van der Waals surface area contributed by atoms with Gasteiger partial charge in [-0.2, -0.15) is 0 Å². The summed E-state index contributed by atoms with van der Waals surface area (Å²) in [4.78, 5) is 57.9. The lowest BCUT2D eigenvalue weighted by molar-refractivity contribution is -0.133. The summed E-state index contributed by atoms with van der Waals surface area (Å²) in [6.45, 7) is -0.245. The predicted octanol–water partition coefficient (Wildman–Crippen LogP) is 1.77. The fraction of sp³-hybridized carbons (Fsp3) is 0.586. The Morgan fingerprint density at radius 2 is 1.95 bits per heavy atom. The molecule has 6 rings (SSSR count). The molecule has 2 saturated carbocycles. The SMILES string of the molecule is COc1cccc2[nH]c(C(=O)N3CC4CCCC4C3C(=O)NC(CC3C(=O)NC4CCCC43)C(=O)CO)cc12. The van der Waals surface area contributed by atoms with Crippen LogP contribution in [0.25, 0.3) is 10.9 Å². The summed E-state index contributed by atoms with van der Waals surface area (Å²) in [6, 6.07) is 5.73. The van der Waals surface area contributed by atoms with E-state index in [2.05, 4.69) is 15.6 Å². The number of carbonyl (C=O) groups is 4. The number of benzene rings is 1. The van der Waals surface area contributed by atoms with Gasteiger partial charge >= 0.3 is 0 Å². The Bertz CT molecular complexity index is 1310. The summed E-state index contributed by atoms with van der Waals surface area (Å²) in [7, 11) is 1.58. The average Bonchev–Trinajstić information content (AvgIpc) is 3.74. The molecule has 2 aliphatic heterocycles. The number of hydrogen-bond donors (Lipinski definition) is 4. The Balaban J connectivity index is 1.24. The molecule has 208 valence electrons. The molecule has 1 aromatic carbocycles. The highest BCUT2D eigenvalue weighted by Gasteiger charge is 2.51. The van der Waals surface area contributed by atoms with Gasteiger partial charge in [0.25, 0.3) is 5.91 Å². The van der Waals surface area contributed by atoms with Crippen molar-refractivity contribution in [1.82, 2.24) is 20.5 Å². The molecule has 2 saturated heterocycles. The molecule has 39 heavy (non-hydrogen) atoms. The Labute approximate surface area is 226 Å². The van der Waals surface area contributed by atoms with E-state index >= 15 is 0 Å². The highest BCUT2D eigenvalue weighted by Crippen LogP contribution is 2.43. The molecule has 2 aliphatic carbocycles. The third-order valence-corrected chi connectivity index (χ3v) is 9.60. The van der Waals surface area contributed by atoms with Gasteiger partial charge in [0.05, 0.1) is 13.2 Å². The molecule has 0 radical (unpaired) electrons. The predicted molar refractivity (Wildman–Crippen MR) is 142 cm³/mol. The molecule has 2 aromatic rings. The van der Waals surface area contributed by atoms with Crippen LogP contribution in [0.15, 0.2) is 24.3 Å². The molecule has 4 N–H and O–H groups in total. The second kappa shape index (κ2) is 10.3. The molecular weight excluding hydrogens is 500 g/mol. The third-order valence-electron chi connectivity index (χ3n) is 9.60. The Kier molecular flexibility index (Phi) is 6.82. The first-order chi connectivity index (χ1) is 18.9. The van der Waals surface area contributed by atoms with Gasteiger partial charge in [0.2, 0.25) is 11.8 Å². The number of amides is 3. The molecule has 1 aromatic heterocycles. The van der Waals surface area contributed by atoms with Gasteiger partial charge in [-0.15, -0.1) is 0 Å². The van der Waals surface area contributed by atoms with Crippen molar-refractivity contribution in [2.75, 3.05) is 20.3 Å². The second-order valence-corrected chi connectivity index (χ2v) is 11.6. The first-order valence-electron chi connectivity index (χ1n) is 14.1. The number of ketones is 1. The van der Waals surface area contributed by atoms with E-state index < -0.39 is 24.5 Å². The lowest BCUT2D eigenvalue weighted by atomic mass is 9.85. The Morgan fingerprint density at radius 3 is 2.74 bits per heavy atom. The molecule has 10 nitrogen and oxygen atoms in total. The first-order valence-corrected chi connectivity index (χ1v) is 14.1. The molecule has 7 atom stereocenters. The van der Waals surface area contributed by atoms with Crippen molar-refractivity contribution in [3.8, 4) is 5.75 Å². The second-order valence-electron chi connectivity index (χ2n) is 11.6. The number of carbonyl (C=O) groups excluding carboxylic acids is 4. The maximum atomic E-state index is 13.9. The number of Topliss-reactive ketones (excluding diaryl/α,β-unsaturated/α-hetero) is 1.